The quantitative estimate of drug-likeness (QED) is 0.724. The van der Waals surface area contributed by atoms with E-state index in [9.17, 15) is 13.6 Å². The molecule has 0 spiro atoms. The molecule has 0 bridgehead atoms. The highest BCUT2D eigenvalue weighted by Gasteiger charge is 2.20. The number of hydrogen-bond donors (Lipinski definition) is 1. The number of hydrogen-bond acceptors (Lipinski definition) is 1. The molecular formula is C15H10Cl3F2NO. The van der Waals surface area contributed by atoms with Crippen LogP contribution < -0.4 is 5.32 Å². The van der Waals surface area contributed by atoms with Crippen molar-refractivity contribution in [3.8, 4) is 0 Å². The van der Waals surface area contributed by atoms with E-state index in [1.54, 1.807) is 6.92 Å². The Labute approximate surface area is 141 Å². The highest BCUT2D eigenvalue weighted by molar-refractivity contribution is 6.35. The van der Waals surface area contributed by atoms with Crippen molar-refractivity contribution in [1.82, 2.24) is 5.32 Å². The molecule has 0 saturated carbocycles. The molecule has 116 valence electrons. The van der Waals surface area contributed by atoms with Gasteiger partial charge in [-0.2, -0.15) is 0 Å². The predicted octanol–water partition coefficient (Wildman–Crippen LogP) is 5.42. The Morgan fingerprint density at radius 3 is 2.36 bits per heavy atom. The standard InChI is InChI=1S/C15H10Cl3F2NO/c1-7(8-5-13(20)11(18)6-10(8)17)21-15(22)14-9(16)3-2-4-12(14)19/h2-7H,1H3,(H,21,22). The number of carbonyl (C=O) groups excluding carboxylic acids is 1. The molecule has 2 aromatic carbocycles. The summed E-state index contributed by atoms with van der Waals surface area (Å²) in [4.78, 5) is 12.1. The normalized spacial score (nSPS) is 12.1. The third-order valence-electron chi connectivity index (χ3n) is 3.04. The minimum atomic E-state index is -0.745. The van der Waals surface area contributed by atoms with Crippen LogP contribution in [0.5, 0.6) is 0 Å². The molecule has 0 aliphatic heterocycles. The van der Waals surface area contributed by atoms with Crippen LogP contribution in [0.4, 0.5) is 8.78 Å². The SMILES string of the molecule is CC(NC(=O)c1c(F)cccc1Cl)c1cc(F)c(Cl)cc1Cl. The highest BCUT2D eigenvalue weighted by atomic mass is 35.5. The third kappa shape index (κ3) is 3.51. The van der Waals surface area contributed by atoms with E-state index in [4.69, 9.17) is 34.8 Å². The number of halogens is 5. The first-order valence-corrected chi connectivity index (χ1v) is 7.34. The van der Waals surface area contributed by atoms with E-state index >= 15 is 0 Å². The lowest BCUT2D eigenvalue weighted by Gasteiger charge is -2.17. The second-order valence-electron chi connectivity index (χ2n) is 4.58. The number of benzene rings is 2. The lowest BCUT2D eigenvalue weighted by atomic mass is 10.1. The molecule has 0 aromatic heterocycles. The molecule has 0 radical (unpaired) electrons. The molecule has 2 rings (SSSR count). The van der Waals surface area contributed by atoms with Crippen LogP contribution in [0.15, 0.2) is 30.3 Å². The van der Waals surface area contributed by atoms with Crippen LogP contribution >= 0.6 is 34.8 Å². The van der Waals surface area contributed by atoms with Crippen molar-refractivity contribution in [2.45, 2.75) is 13.0 Å². The van der Waals surface area contributed by atoms with Gasteiger partial charge in [0.25, 0.3) is 5.91 Å². The van der Waals surface area contributed by atoms with Crippen LogP contribution in [-0.4, -0.2) is 5.91 Å². The maximum absolute atomic E-state index is 13.7. The van der Waals surface area contributed by atoms with Gasteiger partial charge >= 0.3 is 0 Å². The van der Waals surface area contributed by atoms with Crippen molar-refractivity contribution in [3.63, 3.8) is 0 Å². The van der Waals surface area contributed by atoms with Crippen molar-refractivity contribution >= 4 is 40.7 Å². The van der Waals surface area contributed by atoms with Gasteiger partial charge in [0.05, 0.1) is 21.7 Å². The van der Waals surface area contributed by atoms with Crippen molar-refractivity contribution in [3.05, 3.63) is 68.2 Å². The maximum atomic E-state index is 13.7. The zero-order chi connectivity index (χ0) is 16.4. The van der Waals surface area contributed by atoms with Gasteiger partial charge in [0.1, 0.15) is 11.6 Å². The van der Waals surface area contributed by atoms with Crippen LogP contribution in [0.1, 0.15) is 28.9 Å². The third-order valence-corrected chi connectivity index (χ3v) is 3.98. The second kappa shape index (κ2) is 6.82. The van der Waals surface area contributed by atoms with Gasteiger partial charge in [-0.25, -0.2) is 8.78 Å². The molecule has 0 aliphatic carbocycles. The van der Waals surface area contributed by atoms with Gasteiger partial charge in [0, 0.05) is 5.02 Å². The summed E-state index contributed by atoms with van der Waals surface area (Å²) in [6, 6.07) is 5.62. The average molecular weight is 365 g/mol. The fourth-order valence-electron chi connectivity index (χ4n) is 1.93. The van der Waals surface area contributed by atoms with E-state index in [0.29, 0.717) is 5.56 Å². The minimum Gasteiger partial charge on any atom is -0.345 e. The highest BCUT2D eigenvalue weighted by Crippen LogP contribution is 2.29. The molecular weight excluding hydrogens is 355 g/mol. The minimum absolute atomic E-state index is 0.0157. The topological polar surface area (TPSA) is 29.1 Å². The summed E-state index contributed by atoms with van der Waals surface area (Å²) in [5.74, 6) is -2.13. The maximum Gasteiger partial charge on any atom is 0.256 e. The summed E-state index contributed by atoms with van der Waals surface area (Å²) in [5.41, 5.74) is 0.0472. The van der Waals surface area contributed by atoms with Crippen molar-refractivity contribution in [2.75, 3.05) is 0 Å². The Hall–Kier alpha value is -1.36. The Bertz CT molecular complexity index is 717. The van der Waals surface area contributed by atoms with Gasteiger partial charge in [0.15, 0.2) is 0 Å². The van der Waals surface area contributed by atoms with Crippen LogP contribution in [0.2, 0.25) is 15.1 Å². The lowest BCUT2D eigenvalue weighted by Crippen LogP contribution is -2.28. The Balaban J connectivity index is 2.27. The zero-order valence-corrected chi connectivity index (χ0v) is 13.5. The first kappa shape index (κ1) is 17.0. The first-order chi connectivity index (χ1) is 10.3. The lowest BCUT2D eigenvalue weighted by molar-refractivity contribution is 0.0936. The molecule has 1 atom stereocenters. The van der Waals surface area contributed by atoms with Crippen LogP contribution in [-0.2, 0) is 0 Å². The molecule has 0 saturated heterocycles. The van der Waals surface area contributed by atoms with E-state index < -0.39 is 23.6 Å². The zero-order valence-electron chi connectivity index (χ0n) is 11.3. The molecule has 22 heavy (non-hydrogen) atoms. The number of carbonyl (C=O) groups is 1. The summed E-state index contributed by atoms with van der Waals surface area (Å²) in [7, 11) is 0. The van der Waals surface area contributed by atoms with E-state index in [-0.39, 0.29) is 20.6 Å². The first-order valence-electron chi connectivity index (χ1n) is 6.20. The fraction of sp³-hybridized carbons (Fsp3) is 0.133. The fourth-order valence-corrected chi connectivity index (χ4v) is 2.73. The summed E-state index contributed by atoms with van der Waals surface area (Å²) >= 11 is 17.4. The number of rotatable bonds is 3. The Morgan fingerprint density at radius 1 is 1.05 bits per heavy atom. The molecule has 1 N–H and O–H groups in total. The largest absolute Gasteiger partial charge is 0.345 e. The van der Waals surface area contributed by atoms with Crippen LogP contribution in [0.3, 0.4) is 0 Å². The molecule has 7 heteroatoms. The van der Waals surface area contributed by atoms with Gasteiger partial charge in [0.2, 0.25) is 0 Å². The van der Waals surface area contributed by atoms with Gasteiger partial charge < -0.3 is 5.32 Å². The number of amides is 1. The van der Waals surface area contributed by atoms with Crippen LogP contribution in [0, 0.1) is 11.6 Å². The smallest absolute Gasteiger partial charge is 0.256 e. The summed E-state index contributed by atoms with van der Waals surface area (Å²) in [6.45, 7) is 1.58. The van der Waals surface area contributed by atoms with Crippen molar-refractivity contribution in [2.24, 2.45) is 0 Å². The van der Waals surface area contributed by atoms with Gasteiger partial charge in [-0.1, -0.05) is 40.9 Å². The van der Waals surface area contributed by atoms with Crippen molar-refractivity contribution < 1.29 is 13.6 Å². The van der Waals surface area contributed by atoms with Gasteiger partial charge in [-0.3, -0.25) is 4.79 Å². The Kier molecular flexibility index (Phi) is 5.27. The van der Waals surface area contributed by atoms with Gasteiger partial charge in [-0.05, 0) is 36.8 Å². The monoisotopic (exact) mass is 363 g/mol. The van der Waals surface area contributed by atoms with E-state index in [1.165, 1.54) is 18.2 Å². The molecule has 2 nitrogen and oxygen atoms in total. The molecule has 0 fully saturated rings. The number of nitrogens with one attached hydrogen (secondary N) is 1. The second-order valence-corrected chi connectivity index (χ2v) is 5.80. The van der Waals surface area contributed by atoms with Gasteiger partial charge in [-0.15, -0.1) is 0 Å². The van der Waals surface area contributed by atoms with Crippen molar-refractivity contribution in [1.29, 1.82) is 0 Å². The predicted molar refractivity (Wildman–Crippen MR) is 83.7 cm³/mol. The van der Waals surface area contributed by atoms with E-state index in [0.717, 1.165) is 12.1 Å². The molecule has 2 aromatic rings. The Morgan fingerprint density at radius 2 is 1.73 bits per heavy atom. The molecule has 0 aliphatic rings. The molecule has 1 amide bonds. The molecule has 0 heterocycles. The molecule has 1 unspecified atom stereocenters. The average Bonchev–Trinajstić information content (AvgIpc) is 2.42. The van der Waals surface area contributed by atoms with E-state index in [2.05, 4.69) is 5.32 Å². The summed E-state index contributed by atoms with van der Waals surface area (Å²) in [5, 5.41) is 2.58. The van der Waals surface area contributed by atoms with E-state index in [1.807, 2.05) is 0 Å². The summed E-state index contributed by atoms with van der Waals surface area (Å²) in [6.07, 6.45) is 0. The summed E-state index contributed by atoms with van der Waals surface area (Å²) < 4.78 is 27.2. The van der Waals surface area contributed by atoms with Crippen LogP contribution in [0.25, 0.3) is 0 Å².